The summed E-state index contributed by atoms with van der Waals surface area (Å²) in [6.07, 6.45) is -0.318. The summed E-state index contributed by atoms with van der Waals surface area (Å²) in [5, 5.41) is 29.4. The highest BCUT2D eigenvalue weighted by atomic mass is 16.7. The molecule has 5 heteroatoms. The van der Waals surface area contributed by atoms with Gasteiger partial charge in [-0.2, -0.15) is 0 Å². The Hall–Kier alpha value is -1.14. The number of ether oxygens (including phenoxy) is 2. The van der Waals surface area contributed by atoms with E-state index in [-0.39, 0.29) is 12.7 Å². The molecule has 1 fully saturated rings. The molecule has 2 aliphatic heterocycles. The summed E-state index contributed by atoms with van der Waals surface area (Å²) < 4.78 is 11.8. The van der Waals surface area contributed by atoms with Crippen molar-refractivity contribution in [2.75, 3.05) is 6.61 Å². The van der Waals surface area contributed by atoms with Crippen molar-refractivity contribution < 1.29 is 24.8 Å². The number of hydrogen-bond donors (Lipinski definition) is 3. The summed E-state index contributed by atoms with van der Waals surface area (Å²) in [5.74, 6) is -0.513. The Morgan fingerprint density at radius 1 is 1.25 bits per heavy atom. The maximum atomic E-state index is 10.3. The van der Waals surface area contributed by atoms with Crippen LogP contribution in [0.5, 0.6) is 5.75 Å². The minimum atomic E-state index is -1.20. The minimum Gasteiger partial charge on any atom is -0.459 e. The largest absolute Gasteiger partial charge is 0.459 e. The summed E-state index contributed by atoms with van der Waals surface area (Å²) in [6, 6.07) is 7.64. The number of para-hydroxylation sites is 1. The second-order valence-corrected chi connectivity index (χ2v) is 5.52. The Kier molecular flexibility index (Phi) is 3.69. The highest BCUT2D eigenvalue weighted by molar-refractivity contribution is 5.36. The monoisotopic (exact) mass is 280 g/mol. The zero-order valence-electron chi connectivity index (χ0n) is 11.2. The number of rotatable bonds is 2. The molecule has 1 saturated heterocycles. The van der Waals surface area contributed by atoms with Crippen molar-refractivity contribution in [2.24, 2.45) is 0 Å². The third-order valence-corrected chi connectivity index (χ3v) is 4.13. The van der Waals surface area contributed by atoms with Crippen LogP contribution < -0.4 is 4.74 Å². The van der Waals surface area contributed by atoms with Gasteiger partial charge >= 0.3 is 0 Å². The fourth-order valence-corrected chi connectivity index (χ4v) is 3.06. The van der Waals surface area contributed by atoms with Gasteiger partial charge in [0.25, 0.3) is 0 Å². The zero-order valence-corrected chi connectivity index (χ0v) is 11.2. The Balaban J connectivity index is 1.87. The highest BCUT2D eigenvalue weighted by Gasteiger charge is 2.52. The van der Waals surface area contributed by atoms with Crippen molar-refractivity contribution in [3.8, 4) is 5.75 Å². The van der Waals surface area contributed by atoms with E-state index in [1.807, 2.05) is 24.3 Å². The van der Waals surface area contributed by atoms with Gasteiger partial charge in [0.2, 0.25) is 5.79 Å². The lowest BCUT2D eigenvalue weighted by Crippen LogP contribution is -2.62. The molecular formula is C15H20O5. The second kappa shape index (κ2) is 5.33. The van der Waals surface area contributed by atoms with Crippen LogP contribution in [0, 0.1) is 0 Å². The number of hydrogen-bond acceptors (Lipinski definition) is 5. The molecule has 0 aromatic heterocycles. The Labute approximate surface area is 117 Å². The summed E-state index contributed by atoms with van der Waals surface area (Å²) in [5.41, 5.74) is 1.08. The SMILES string of the molecule is OCC[C@H]1C[C@H](O)[C@@H](O)[C@@]2(CCc3ccccc3O2)O1. The average Bonchev–Trinajstić information content (AvgIpc) is 2.45. The molecule has 0 aliphatic carbocycles. The van der Waals surface area contributed by atoms with Gasteiger partial charge in [0.1, 0.15) is 11.9 Å². The fourth-order valence-electron chi connectivity index (χ4n) is 3.06. The topological polar surface area (TPSA) is 79.2 Å². The van der Waals surface area contributed by atoms with E-state index in [0.29, 0.717) is 25.0 Å². The molecule has 0 saturated carbocycles. The molecule has 3 rings (SSSR count). The smallest absolute Gasteiger partial charge is 0.239 e. The Morgan fingerprint density at radius 3 is 2.85 bits per heavy atom. The van der Waals surface area contributed by atoms with E-state index in [2.05, 4.69) is 0 Å². The van der Waals surface area contributed by atoms with Crippen molar-refractivity contribution in [3.05, 3.63) is 29.8 Å². The summed E-state index contributed by atoms with van der Waals surface area (Å²) in [7, 11) is 0. The van der Waals surface area contributed by atoms with Crippen molar-refractivity contribution in [2.45, 2.75) is 49.8 Å². The molecule has 2 heterocycles. The standard InChI is InChI=1S/C15H20O5/c16-8-6-11-9-12(17)14(18)15(19-11)7-5-10-3-1-2-4-13(10)20-15/h1-4,11-12,14,16-18H,5-9H2/t11-,12-,14+,15-/m0/s1. The molecule has 0 amide bonds. The predicted octanol–water partition coefficient (Wildman–Crippen LogP) is 0.601. The third-order valence-electron chi connectivity index (χ3n) is 4.13. The fraction of sp³-hybridized carbons (Fsp3) is 0.600. The molecule has 2 aliphatic rings. The first kappa shape index (κ1) is 13.8. The zero-order chi connectivity index (χ0) is 14.2. The number of benzene rings is 1. The number of aryl methyl sites for hydroxylation is 1. The molecule has 20 heavy (non-hydrogen) atoms. The van der Waals surface area contributed by atoms with Crippen LogP contribution >= 0.6 is 0 Å². The first-order valence-electron chi connectivity index (χ1n) is 7.06. The molecule has 3 N–H and O–H groups in total. The van der Waals surface area contributed by atoms with Crippen molar-refractivity contribution in [1.82, 2.24) is 0 Å². The Bertz CT molecular complexity index is 477. The van der Waals surface area contributed by atoms with Gasteiger partial charge in [-0.05, 0) is 24.5 Å². The van der Waals surface area contributed by atoms with Crippen LogP contribution in [0.15, 0.2) is 24.3 Å². The quantitative estimate of drug-likeness (QED) is 0.739. The molecular weight excluding hydrogens is 260 g/mol. The maximum Gasteiger partial charge on any atom is 0.239 e. The van der Waals surface area contributed by atoms with Crippen LogP contribution in [0.1, 0.15) is 24.8 Å². The van der Waals surface area contributed by atoms with Gasteiger partial charge in [-0.25, -0.2) is 0 Å². The van der Waals surface area contributed by atoms with Crippen LogP contribution in [0.2, 0.25) is 0 Å². The summed E-state index contributed by atoms with van der Waals surface area (Å²) in [6.45, 7) is -0.0137. The van der Waals surface area contributed by atoms with Gasteiger partial charge in [0.15, 0.2) is 0 Å². The minimum absolute atomic E-state index is 0.0137. The van der Waals surface area contributed by atoms with Gasteiger partial charge in [-0.3, -0.25) is 0 Å². The second-order valence-electron chi connectivity index (χ2n) is 5.52. The van der Waals surface area contributed by atoms with Crippen molar-refractivity contribution in [3.63, 3.8) is 0 Å². The first-order chi connectivity index (χ1) is 9.64. The summed E-state index contributed by atoms with van der Waals surface area (Å²) in [4.78, 5) is 0. The van der Waals surface area contributed by atoms with E-state index in [0.717, 1.165) is 12.0 Å². The molecule has 1 aromatic rings. The van der Waals surface area contributed by atoms with Gasteiger partial charge in [-0.15, -0.1) is 0 Å². The van der Waals surface area contributed by atoms with Gasteiger partial charge in [0, 0.05) is 19.4 Å². The van der Waals surface area contributed by atoms with Crippen LogP contribution in [0.3, 0.4) is 0 Å². The third kappa shape index (κ3) is 2.31. The van der Waals surface area contributed by atoms with E-state index in [4.69, 9.17) is 14.6 Å². The predicted molar refractivity (Wildman–Crippen MR) is 71.3 cm³/mol. The highest BCUT2D eigenvalue weighted by Crippen LogP contribution is 2.41. The molecule has 5 nitrogen and oxygen atoms in total. The lowest BCUT2D eigenvalue weighted by molar-refractivity contribution is -0.315. The van der Waals surface area contributed by atoms with Crippen LogP contribution in [0.4, 0.5) is 0 Å². The molecule has 0 bridgehead atoms. The first-order valence-corrected chi connectivity index (χ1v) is 7.06. The molecule has 110 valence electrons. The average molecular weight is 280 g/mol. The normalized spacial score (nSPS) is 36.5. The van der Waals surface area contributed by atoms with Crippen LogP contribution in [0.25, 0.3) is 0 Å². The lowest BCUT2D eigenvalue weighted by Gasteiger charge is -2.48. The number of aliphatic hydroxyl groups is 3. The van der Waals surface area contributed by atoms with E-state index >= 15 is 0 Å². The van der Waals surface area contributed by atoms with E-state index in [9.17, 15) is 10.2 Å². The summed E-state index contributed by atoms with van der Waals surface area (Å²) >= 11 is 0. The van der Waals surface area contributed by atoms with Crippen LogP contribution in [-0.2, 0) is 11.2 Å². The van der Waals surface area contributed by atoms with Gasteiger partial charge < -0.3 is 24.8 Å². The van der Waals surface area contributed by atoms with E-state index in [1.54, 1.807) is 0 Å². The maximum absolute atomic E-state index is 10.3. The molecule has 0 unspecified atom stereocenters. The van der Waals surface area contributed by atoms with E-state index < -0.39 is 18.0 Å². The molecule has 0 radical (unpaired) electrons. The van der Waals surface area contributed by atoms with Crippen LogP contribution in [-0.4, -0.2) is 46.0 Å². The van der Waals surface area contributed by atoms with Gasteiger partial charge in [-0.1, -0.05) is 18.2 Å². The lowest BCUT2D eigenvalue weighted by atomic mass is 9.88. The van der Waals surface area contributed by atoms with Gasteiger partial charge in [0.05, 0.1) is 12.2 Å². The molecule has 4 atom stereocenters. The Morgan fingerprint density at radius 2 is 2.05 bits per heavy atom. The molecule has 1 aromatic carbocycles. The number of aliphatic hydroxyl groups excluding tert-OH is 3. The number of fused-ring (bicyclic) bond motifs is 1. The van der Waals surface area contributed by atoms with Crippen molar-refractivity contribution >= 4 is 0 Å². The van der Waals surface area contributed by atoms with E-state index in [1.165, 1.54) is 0 Å². The van der Waals surface area contributed by atoms with Crippen molar-refractivity contribution in [1.29, 1.82) is 0 Å². The molecule has 1 spiro atoms.